The Morgan fingerprint density at radius 3 is 2.31 bits per heavy atom. The minimum Gasteiger partial charge on any atom is -0.378 e. The first-order valence-electron chi connectivity index (χ1n) is 10.3. The number of nitrogens with one attached hydrogen (secondary N) is 1. The number of rotatable bonds is 6. The molecular formula is C22H17N9O4. The van der Waals surface area contributed by atoms with E-state index in [4.69, 9.17) is 5.73 Å². The van der Waals surface area contributed by atoms with Gasteiger partial charge in [-0.1, -0.05) is 47.7 Å². The van der Waals surface area contributed by atoms with Crippen LogP contribution in [0, 0.1) is 0 Å². The molecule has 1 aliphatic heterocycles. The molecule has 0 spiro atoms. The summed E-state index contributed by atoms with van der Waals surface area (Å²) in [6.07, 6.45) is 0. The zero-order chi connectivity index (χ0) is 24.5. The summed E-state index contributed by atoms with van der Waals surface area (Å²) in [7, 11) is 0. The van der Waals surface area contributed by atoms with Crippen LogP contribution >= 0.6 is 0 Å². The van der Waals surface area contributed by atoms with E-state index in [2.05, 4.69) is 35.8 Å². The topological polar surface area (TPSA) is 174 Å². The summed E-state index contributed by atoms with van der Waals surface area (Å²) in [4.78, 5) is 39.2. The van der Waals surface area contributed by atoms with Gasteiger partial charge in [0.2, 0.25) is 11.6 Å². The lowest BCUT2D eigenvalue weighted by atomic mass is 10.1. The first kappa shape index (κ1) is 21.6. The van der Waals surface area contributed by atoms with Gasteiger partial charge in [-0.2, -0.15) is 9.78 Å². The number of amides is 3. The fourth-order valence-electron chi connectivity index (χ4n) is 3.62. The van der Waals surface area contributed by atoms with Crippen LogP contribution in [-0.2, 0) is 0 Å². The number of imide groups is 1. The molecule has 0 saturated carbocycles. The third-order valence-corrected chi connectivity index (χ3v) is 5.24. The highest BCUT2D eigenvalue weighted by Crippen LogP contribution is 2.26. The Hall–Kier alpha value is -5.20. The SMILES string of the molecule is CC(CN1C(=O)c2ccccc2C1=O)=NNC(=O)c1nnn(-c2nonc2N)c1-c1ccccc1. The Morgan fingerprint density at radius 1 is 1.03 bits per heavy atom. The molecule has 0 bridgehead atoms. The van der Waals surface area contributed by atoms with E-state index in [1.807, 2.05) is 6.07 Å². The van der Waals surface area contributed by atoms with Crippen LogP contribution in [-0.4, -0.2) is 60.2 Å². The van der Waals surface area contributed by atoms with Crippen molar-refractivity contribution in [2.24, 2.45) is 5.10 Å². The standard InChI is InChI=1S/C22H17N9O4/c1-12(11-30-21(33)14-9-5-6-10-15(14)22(30)34)24-26-20(32)16-17(13-7-3-2-4-8-13)31(29-25-16)19-18(23)27-35-28-19/h2-10H,11H2,1H3,(H2,23,27)(H,26,32). The van der Waals surface area contributed by atoms with E-state index < -0.39 is 17.7 Å². The number of fused-ring (bicyclic) bond motifs is 1. The normalized spacial score (nSPS) is 13.3. The monoisotopic (exact) mass is 471 g/mol. The summed E-state index contributed by atoms with van der Waals surface area (Å²) in [5.74, 6) is -1.47. The molecule has 0 saturated heterocycles. The van der Waals surface area contributed by atoms with Crippen molar-refractivity contribution in [3.8, 4) is 17.1 Å². The number of aromatic nitrogens is 5. The summed E-state index contributed by atoms with van der Waals surface area (Å²) < 4.78 is 5.89. The average Bonchev–Trinajstić information content (AvgIpc) is 3.56. The predicted octanol–water partition coefficient (Wildman–Crippen LogP) is 1.30. The van der Waals surface area contributed by atoms with Crippen molar-refractivity contribution in [2.45, 2.75) is 6.92 Å². The van der Waals surface area contributed by atoms with E-state index in [0.717, 1.165) is 4.90 Å². The molecule has 13 heteroatoms. The van der Waals surface area contributed by atoms with Gasteiger partial charge in [0.15, 0.2) is 5.69 Å². The maximum atomic E-state index is 13.0. The minimum atomic E-state index is -0.674. The molecule has 3 N–H and O–H groups in total. The maximum absolute atomic E-state index is 13.0. The number of hydrogen-bond donors (Lipinski definition) is 2. The molecule has 0 unspecified atom stereocenters. The van der Waals surface area contributed by atoms with Crippen LogP contribution < -0.4 is 11.2 Å². The summed E-state index contributed by atoms with van der Waals surface area (Å²) >= 11 is 0. The molecular weight excluding hydrogens is 454 g/mol. The number of carbonyl (C=O) groups is 3. The number of carbonyl (C=O) groups excluding carboxylic acids is 3. The number of benzene rings is 2. The van der Waals surface area contributed by atoms with Gasteiger partial charge in [0.1, 0.15) is 5.69 Å². The first-order chi connectivity index (χ1) is 17.0. The third kappa shape index (κ3) is 3.80. The van der Waals surface area contributed by atoms with Gasteiger partial charge in [0, 0.05) is 5.56 Å². The van der Waals surface area contributed by atoms with Gasteiger partial charge in [-0.25, -0.2) is 10.1 Å². The number of nitrogens with two attached hydrogens (primary N) is 1. The third-order valence-electron chi connectivity index (χ3n) is 5.24. The van der Waals surface area contributed by atoms with Crippen LogP contribution in [0.15, 0.2) is 64.3 Å². The molecule has 13 nitrogen and oxygen atoms in total. The Morgan fingerprint density at radius 2 is 1.69 bits per heavy atom. The minimum absolute atomic E-state index is 0.0335. The van der Waals surface area contributed by atoms with Crippen molar-refractivity contribution >= 4 is 29.3 Å². The van der Waals surface area contributed by atoms with E-state index in [0.29, 0.717) is 28.1 Å². The van der Waals surface area contributed by atoms with E-state index in [1.54, 1.807) is 55.5 Å². The zero-order valence-corrected chi connectivity index (χ0v) is 18.2. The van der Waals surface area contributed by atoms with Crippen molar-refractivity contribution < 1.29 is 19.0 Å². The highest BCUT2D eigenvalue weighted by Gasteiger charge is 2.35. The molecule has 0 fully saturated rings. The molecule has 0 aliphatic carbocycles. The van der Waals surface area contributed by atoms with Crippen molar-refractivity contribution in [3.63, 3.8) is 0 Å². The van der Waals surface area contributed by atoms with Gasteiger partial charge in [-0.15, -0.1) is 5.10 Å². The first-order valence-corrected chi connectivity index (χ1v) is 10.3. The number of hydrogen-bond acceptors (Lipinski definition) is 10. The summed E-state index contributed by atoms with van der Waals surface area (Å²) in [6.45, 7) is 1.49. The lowest BCUT2D eigenvalue weighted by molar-refractivity contribution is 0.0677. The van der Waals surface area contributed by atoms with Crippen molar-refractivity contribution in [1.82, 2.24) is 35.6 Å². The maximum Gasteiger partial charge on any atom is 0.294 e. The van der Waals surface area contributed by atoms with E-state index in [1.165, 1.54) is 4.68 Å². The van der Waals surface area contributed by atoms with Crippen LogP contribution in [0.3, 0.4) is 0 Å². The summed E-state index contributed by atoms with van der Waals surface area (Å²) in [5.41, 5.74) is 10.0. The number of nitrogens with zero attached hydrogens (tertiary/aromatic N) is 7. The molecule has 174 valence electrons. The van der Waals surface area contributed by atoms with Gasteiger partial charge < -0.3 is 5.73 Å². The second-order valence-electron chi connectivity index (χ2n) is 7.57. The van der Waals surface area contributed by atoms with Crippen LogP contribution in [0.5, 0.6) is 0 Å². The Balaban J connectivity index is 1.39. The number of anilines is 1. The van der Waals surface area contributed by atoms with Gasteiger partial charge in [-0.3, -0.25) is 19.3 Å². The molecule has 0 atom stereocenters. The van der Waals surface area contributed by atoms with Crippen molar-refractivity contribution in [2.75, 3.05) is 12.3 Å². The smallest absolute Gasteiger partial charge is 0.294 e. The van der Waals surface area contributed by atoms with Crippen molar-refractivity contribution in [3.05, 3.63) is 71.4 Å². The highest BCUT2D eigenvalue weighted by atomic mass is 16.6. The fourth-order valence-corrected chi connectivity index (χ4v) is 3.62. The largest absolute Gasteiger partial charge is 0.378 e. The van der Waals surface area contributed by atoms with Crippen molar-refractivity contribution in [1.29, 1.82) is 0 Å². The number of hydrazone groups is 1. The Kier molecular flexibility index (Phi) is 5.33. The zero-order valence-electron chi connectivity index (χ0n) is 18.2. The van der Waals surface area contributed by atoms with E-state index in [9.17, 15) is 14.4 Å². The summed E-state index contributed by atoms with van der Waals surface area (Å²) in [6, 6.07) is 15.5. The fraction of sp³-hybridized carbons (Fsp3) is 0.0909. The predicted molar refractivity (Wildman–Crippen MR) is 121 cm³/mol. The lowest BCUT2D eigenvalue weighted by Gasteiger charge is -2.13. The van der Waals surface area contributed by atoms with Crippen LogP contribution in [0.2, 0.25) is 0 Å². The highest BCUT2D eigenvalue weighted by molar-refractivity contribution is 6.22. The molecule has 4 aromatic rings. The van der Waals surface area contributed by atoms with Crippen LogP contribution in [0.1, 0.15) is 38.1 Å². The Bertz CT molecular complexity index is 1450. The van der Waals surface area contributed by atoms with Crippen LogP contribution in [0.4, 0.5) is 5.82 Å². The second kappa shape index (κ2) is 8.62. The Labute approximate surface area is 197 Å². The molecule has 2 aromatic carbocycles. The van der Waals surface area contributed by atoms with Crippen LogP contribution in [0.25, 0.3) is 17.1 Å². The molecule has 35 heavy (non-hydrogen) atoms. The molecule has 2 aromatic heterocycles. The quantitative estimate of drug-likeness (QED) is 0.238. The van der Waals surface area contributed by atoms with E-state index in [-0.39, 0.29) is 23.9 Å². The molecule has 3 amide bonds. The summed E-state index contributed by atoms with van der Waals surface area (Å²) in [5, 5.41) is 19.3. The molecule has 0 radical (unpaired) electrons. The van der Waals surface area contributed by atoms with Gasteiger partial charge >= 0.3 is 0 Å². The average molecular weight is 471 g/mol. The number of nitrogen functional groups attached to an aromatic ring is 1. The molecule has 3 heterocycles. The lowest BCUT2D eigenvalue weighted by Crippen LogP contribution is -2.35. The van der Waals surface area contributed by atoms with Gasteiger partial charge in [0.25, 0.3) is 17.7 Å². The van der Waals surface area contributed by atoms with Gasteiger partial charge in [0.05, 0.1) is 23.4 Å². The molecule has 5 rings (SSSR count). The molecule has 1 aliphatic rings. The van der Waals surface area contributed by atoms with Gasteiger partial charge in [-0.05, 0) is 29.4 Å². The van der Waals surface area contributed by atoms with E-state index >= 15 is 0 Å². The second-order valence-corrected chi connectivity index (χ2v) is 7.57.